The van der Waals surface area contributed by atoms with Gasteiger partial charge in [0.1, 0.15) is 0 Å². The first kappa shape index (κ1) is 16.4. The van der Waals surface area contributed by atoms with Gasteiger partial charge in [-0.2, -0.15) is 17.0 Å². The first-order valence-electron chi connectivity index (χ1n) is 6.53. The zero-order valence-electron chi connectivity index (χ0n) is 12.4. The smallest absolute Gasteiger partial charge is 0.281 e. The molecule has 1 aliphatic heterocycles. The third kappa shape index (κ3) is 4.43. The number of hydrogen-bond donors (Lipinski definition) is 1. The van der Waals surface area contributed by atoms with Crippen molar-refractivity contribution in [3.8, 4) is 0 Å². The molecule has 19 heavy (non-hydrogen) atoms. The highest BCUT2D eigenvalue weighted by molar-refractivity contribution is 7.86. The van der Waals surface area contributed by atoms with E-state index in [0.29, 0.717) is 25.9 Å². The Bertz CT molecular complexity index is 418. The molecule has 1 amide bonds. The van der Waals surface area contributed by atoms with Crippen LogP contribution in [0.4, 0.5) is 0 Å². The Hall–Kier alpha value is -0.660. The van der Waals surface area contributed by atoms with Gasteiger partial charge in [0, 0.05) is 38.6 Å². The van der Waals surface area contributed by atoms with E-state index < -0.39 is 10.2 Å². The SMILES string of the molecule is CN(C)S(=O)(=O)N1CCC(C(=O)NC(C)(C)C)CC1. The fourth-order valence-electron chi connectivity index (χ4n) is 2.05. The molecule has 1 N–H and O–H groups in total. The summed E-state index contributed by atoms with van der Waals surface area (Å²) < 4.78 is 26.5. The van der Waals surface area contributed by atoms with E-state index in [1.807, 2.05) is 20.8 Å². The topological polar surface area (TPSA) is 69.7 Å². The van der Waals surface area contributed by atoms with Crippen LogP contribution in [-0.2, 0) is 15.0 Å². The maximum atomic E-state index is 12.0. The summed E-state index contributed by atoms with van der Waals surface area (Å²) in [6.45, 7) is 6.63. The molecule has 0 spiro atoms. The lowest BCUT2D eigenvalue weighted by Gasteiger charge is -2.33. The normalized spacial score (nSPS) is 19.7. The van der Waals surface area contributed by atoms with Crippen molar-refractivity contribution in [1.82, 2.24) is 13.9 Å². The van der Waals surface area contributed by atoms with Crippen molar-refractivity contribution in [2.75, 3.05) is 27.2 Å². The number of carbonyl (C=O) groups excluding carboxylic acids is 1. The average molecular weight is 291 g/mol. The molecule has 1 aliphatic rings. The lowest BCUT2D eigenvalue weighted by atomic mass is 9.96. The van der Waals surface area contributed by atoms with E-state index in [9.17, 15) is 13.2 Å². The third-order valence-corrected chi connectivity index (χ3v) is 5.05. The van der Waals surface area contributed by atoms with Crippen LogP contribution >= 0.6 is 0 Å². The molecule has 1 saturated heterocycles. The second-order valence-electron chi connectivity index (χ2n) is 6.20. The summed E-state index contributed by atoms with van der Waals surface area (Å²) >= 11 is 0. The number of nitrogens with one attached hydrogen (secondary N) is 1. The Morgan fingerprint density at radius 2 is 1.68 bits per heavy atom. The first-order valence-corrected chi connectivity index (χ1v) is 7.93. The maximum Gasteiger partial charge on any atom is 0.281 e. The molecule has 112 valence electrons. The van der Waals surface area contributed by atoms with Gasteiger partial charge in [-0.05, 0) is 33.6 Å². The van der Waals surface area contributed by atoms with E-state index in [1.54, 1.807) is 0 Å². The monoisotopic (exact) mass is 291 g/mol. The second-order valence-corrected chi connectivity index (χ2v) is 8.35. The van der Waals surface area contributed by atoms with Crippen LogP contribution < -0.4 is 5.32 Å². The molecule has 0 aromatic rings. The molecule has 1 rings (SSSR count). The maximum absolute atomic E-state index is 12.0. The van der Waals surface area contributed by atoms with Gasteiger partial charge in [-0.3, -0.25) is 4.79 Å². The number of hydrogen-bond acceptors (Lipinski definition) is 3. The molecule has 0 saturated carbocycles. The van der Waals surface area contributed by atoms with Crippen molar-refractivity contribution in [3.05, 3.63) is 0 Å². The van der Waals surface area contributed by atoms with Gasteiger partial charge < -0.3 is 5.32 Å². The fraction of sp³-hybridized carbons (Fsp3) is 0.917. The van der Waals surface area contributed by atoms with Crippen LogP contribution in [0.25, 0.3) is 0 Å². The van der Waals surface area contributed by atoms with Crippen molar-refractivity contribution in [3.63, 3.8) is 0 Å². The number of amides is 1. The number of nitrogens with zero attached hydrogens (tertiary/aromatic N) is 2. The summed E-state index contributed by atoms with van der Waals surface area (Å²) in [5, 5.41) is 2.95. The van der Waals surface area contributed by atoms with E-state index >= 15 is 0 Å². The predicted octanol–water partition coefficient (Wildman–Crippen LogP) is 0.420. The largest absolute Gasteiger partial charge is 0.351 e. The zero-order chi connectivity index (χ0) is 14.8. The van der Waals surface area contributed by atoms with Crippen LogP contribution in [0.1, 0.15) is 33.6 Å². The van der Waals surface area contributed by atoms with E-state index in [-0.39, 0.29) is 17.4 Å². The van der Waals surface area contributed by atoms with E-state index in [4.69, 9.17) is 0 Å². The quantitative estimate of drug-likeness (QED) is 0.819. The summed E-state index contributed by atoms with van der Waals surface area (Å²) in [6, 6.07) is 0. The molecule has 6 nitrogen and oxygen atoms in total. The summed E-state index contributed by atoms with van der Waals surface area (Å²) in [4.78, 5) is 12.0. The second kappa shape index (κ2) is 5.76. The number of piperidine rings is 1. The molecule has 7 heteroatoms. The van der Waals surface area contributed by atoms with Crippen LogP contribution in [0.2, 0.25) is 0 Å². The minimum Gasteiger partial charge on any atom is -0.351 e. The summed E-state index contributed by atoms with van der Waals surface area (Å²) in [5.74, 6) is -0.0674. The van der Waals surface area contributed by atoms with Crippen LogP contribution in [0.3, 0.4) is 0 Å². The molecule has 1 heterocycles. The highest BCUT2D eigenvalue weighted by Crippen LogP contribution is 2.21. The van der Waals surface area contributed by atoms with Gasteiger partial charge in [0.15, 0.2) is 0 Å². The van der Waals surface area contributed by atoms with Gasteiger partial charge in [-0.15, -0.1) is 0 Å². The van der Waals surface area contributed by atoms with Gasteiger partial charge in [0.25, 0.3) is 10.2 Å². The molecule has 0 unspecified atom stereocenters. The Kier molecular flexibility index (Phi) is 4.97. The van der Waals surface area contributed by atoms with E-state index in [0.717, 1.165) is 0 Å². The van der Waals surface area contributed by atoms with E-state index in [1.165, 1.54) is 22.7 Å². The molecule has 0 aromatic carbocycles. The highest BCUT2D eigenvalue weighted by atomic mass is 32.2. The van der Waals surface area contributed by atoms with Gasteiger partial charge in [-0.25, -0.2) is 0 Å². The molecule has 1 fully saturated rings. The average Bonchev–Trinajstić information content (AvgIpc) is 2.26. The van der Waals surface area contributed by atoms with Gasteiger partial charge in [0.05, 0.1) is 0 Å². The molecular weight excluding hydrogens is 266 g/mol. The van der Waals surface area contributed by atoms with Crippen molar-refractivity contribution in [2.24, 2.45) is 5.92 Å². The minimum absolute atomic E-state index is 0.0226. The van der Waals surface area contributed by atoms with Crippen LogP contribution in [0, 0.1) is 5.92 Å². The summed E-state index contributed by atoms with van der Waals surface area (Å²) in [7, 11) is -0.306. The summed E-state index contributed by atoms with van der Waals surface area (Å²) in [6.07, 6.45) is 1.16. The Morgan fingerprint density at radius 3 is 2.05 bits per heavy atom. The van der Waals surface area contributed by atoms with Gasteiger partial charge in [0.2, 0.25) is 5.91 Å². The zero-order valence-corrected chi connectivity index (χ0v) is 13.2. The Morgan fingerprint density at radius 1 is 1.21 bits per heavy atom. The molecule has 0 aromatic heterocycles. The number of rotatable bonds is 3. The Balaban J connectivity index is 2.57. The number of carbonyl (C=O) groups is 1. The molecule has 0 bridgehead atoms. The fourth-order valence-corrected chi connectivity index (χ4v) is 3.19. The first-order chi connectivity index (χ1) is 8.54. The van der Waals surface area contributed by atoms with Crippen molar-refractivity contribution >= 4 is 16.1 Å². The molecule has 0 radical (unpaired) electrons. The van der Waals surface area contributed by atoms with E-state index in [2.05, 4.69) is 5.32 Å². The van der Waals surface area contributed by atoms with Crippen LogP contribution in [0.5, 0.6) is 0 Å². The van der Waals surface area contributed by atoms with Gasteiger partial charge in [-0.1, -0.05) is 0 Å². The summed E-state index contributed by atoms with van der Waals surface area (Å²) in [5.41, 5.74) is -0.246. The molecular formula is C12H25N3O3S. The van der Waals surface area contributed by atoms with Crippen LogP contribution in [0.15, 0.2) is 0 Å². The highest BCUT2D eigenvalue weighted by Gasteiger charge is 2.32. The van der Waals surface area contributed by atoms with Gasteiger partial charge >= 0.3 is 0 Å². The lowest BCUT2D eigenvalue weighted by molar-refractivity contribution is -0.127. The Labute approximate surface area is 116 Å². The molecule has 0 atom stereocenters. The third-order valence-electron chi connectivity index (χ3n) is 3.11. The molecule has 0 aliphatic carbocycles. The standard InChI is InChI=1S/C12H25N3O3S/c1-12(2,3)13-11(16)10-6-8-15(9-7-10)19(17,18)14(4)5/h10H,6-9H2,1-5H3,(H,13,16). The van der Waals surface area contributed by atoms with Crippen molar-refractivity contribution in [2.45, 2.75) is 39.2 Å². The predicted molar refractivity (Wildman–Crippen MR) is 74.8 cm³/mol. The van der Waals surface area contributed by atoms with Crippen molar-refractivity contribution < 1.29 is 13.2 Å². The van der Waals surface area contributed by atoms with Crippen LogP contribution in [-0.4, -0.2) is 55.7 Å². The minimum atomic E-state index is -3.35. The van der Waals surface area contributed by atoms with Crippen molar-refractivity contribution in [1.29, 1.82) is 0 Å². The lowest BCUT2D eigenvalue weighted by Crippen LogP contribution is -2.49.